The molecule has 2 rings (SSSR count). The molecule has 0 aliphatic carbocycles. The molecule has 0 unspecified atom stereocenters. The Hall–Kier alpha value is -2.53. The number of hydrogen-bond acceptors (Lipinski definition) is 4. The van der Waals surface area contributed by atoms with Crippen LogP contribution in [0.2, 0.25) is 0 Å². The molecule has 0 atom stereocenters. The molecular formula is C16H19N3O2. The number of aliphatic hydroxyl groups is 1. The van der Waals surface area contributed by atoms with Crippen LogP contribution in [0.5, 0.6) is 0 Å². The average molecular weight is 285 g/mol. The molecular weight excluding hydrogens is 266 g/mol. The van der Waals surface area contributed by atoms with Gasteiger partial charge in [-0.15, -0.1) is 0 Å². The summed E-state index contributed by atoms with van der Waals surface area (Å²) in [6.07, 6.45) is 0. The van der Waals surface area contributed by atoms with Gasteiger partial charge in [-0.05, 0) is 35.9 Å². The lowest BCUT2D eigenvalue weighted by Crippen LogP contribution is -2.15. The van der Waals surface area contributed by atoms with Crippen LogP contribution in [0.25, 0.3) is 0 Å². The summed E-state index contributed by atoms with van der Waals surface area (Å²) in [5.41, 5.74) is 9.35. The first-order chi connectivity index (χ1) is 10.0. The standard InChI is InChI=1S/C16H19N3O2/c1-19(2)15-8-5-12(9-14(15)17)16(21)18-13-6-3-11(10-20)4-7-13/h3-9,20H,10,17H2,1-2H3,(H,18,21). The number of nitrogen functional groups attached to an aromatic ring is 1. The lowest BCUT2D eigenvalue weighted by molar-refractivity contribution is 0.102. The minimum Gasteiger partial charge on any atom is -0.397 e. The SMILES string of the molecule is CN(C)c1ccc(C(=O)Nc2ccc(CO)cc2)cc1N. The summed E-state index contributed by atoms with van der Waals surface area (Å²) in [7, 11) is 3.79. The summed E-state index contributed by atoms with van der Waals surface area (Å²) in [6.45, 7) is -0.0171. The molecule has 0 fully saturated rings. The third-order valence-corrected chi connectivity index (χ3v) is 3.17. The van der Waals surface area contributed by atoms with Gasteiger partial charge in [0.2, 0.25) is 0 Å². The average Bonchev–Trinajstić information content (AvgIpc) is 2.47. The zero-order valence-electron chi connectivity index (χ0n) is 12.1. The van der Waals surface area contributed by atoms with Gasteiger partial charge in [0.05, 0.1) is 18.0 Å². The first-order valence-electron chi connectivity index (χ1n) is 6.59. The van der Waals surface area contributed by atoms with Crippen molar-refractivity contribution in [2.45, 2.75) is 6.61 Å². The minimum atomic E-state index is -0.219. The van der Waals surface area contributed by atoms with Crippen molar-refractivity contribution in [1.29, 1.82) is 0 Å². The van der Waals surface area contributed by atoms with Crippen LogP contribution in [0.3, 0.4) is 0 Å². The van der Waals surface area contributed by atoms with Crippen molar-refractivity contribution in [2.24, 2.45) is 0 Å². The molecule has 5 nitrogen and oxygen atoms in total. The number of rotatable bonds is 4. The minimum absolute atomic E-state index is 0.0171. The van der Waals surface area contributed by atoms with E-state index in [0.29, 0.717) is 16.9 Å². The molecule has 5 heteroatoms. The number of benzene rings is 2. The quantitative estimate of drug-likeness (QED) is 0.752. The number of anilines is 3. The molecule has 4 N–H and O–H groups in total. The van der Waals surface area contributed by atoms with E-state index in [1.807, 2.05) is 25.1 Å². The van der Waals surface area contributed by atoms with Crippen LogP contribution in [0, 0.1) is 0 Å². The second-order valence-corrected chi connectivity index (χ2v) is 4.98. The molecule has 1 amide bonds. The Morgan fingerprint density at radius 3 is 2.38 bits per heavy atom. The highest BCUT2D eigenvalue weighted by molar-refractivity contribution is 6.05. The molecule has 0 bridgehead atoms. The van der Waals surface area contributed by atoms with Crippen molar-refractivity contribution in [2.75, 3.05) is 30.0 Å². The molecule has 0 saturated carbocycles. The molecule has 0 aliphatic heterocycles. The summed E-state index contributed by atoms with van der Waals surface area (Å²) in [5, 5.41) is 11.8. The molecule has 0 saturated heterocycles. The highest BCUT2D eigenvalue weighted by Gasteiger charge is 2.09. The lowest BCUT2D eigenvalue weighted by atomic mass is 10.1. The monoisotopic (exact) mass is 285 g/mol. The number of amides is 1. The highest BCUT2D eigenvalue weighted by Crippen LogP contribution is 2.23. The second-order valence-electron chi connectivity index (χ2n) is 4.98. The number of aliphatic hydroxyl groups excluding tert-OH is 1. The Bertz CT molecular complexity index is 636. The third-order valence-electron chi connectivity index (χ3n) is 3.17. The molecule has 2 aromatic carbocycles. The van der Waals surface area contributed by atoms with Crippen LogP contribution < -0.4 is 16.0 Å². The lowest BCUT2D eigenvalue weighted by Gasteiger charge is -2.16. The van der Waals surface area contributed by atoms with E-state index in [4.69, 9.17) is 10.8 Å². The van der Waals surface area contributed by atoms with Crippen molar-refractivity contribution in [3.8, 4) is 0 Å². The van der Waals surface area contributed by atoms with Gasteiger partial charge in [0, 0.05) is 25.3 Å². The van der Waals surface area contributed by atoms with E-state index in [9.17, 15) is 4.79 Å². The number of hydrogen-bond donors (Lipinski definition) is 3. The largest absolute Gasteiger partial charge is 0.397 e. The summed E-state index contributed by atoms with van der Waals surface area (Å²) >= 11 is 0. The Kier molecular flexibility index (Phi) is 4.45. The van der Waals surface area contributed by atoms with Gasteiger partial charge in [0.15, 0.2) is 0 Å². The summed E-state index contributed by atoms with van der Waals surface area (Å²) in [6, 6.07) is 12.2. The predicted octanol–water partition coefficient (Wildman–Crippen LogP) is 2.08. The number of nitrogens with one attached hydrogen (secondary N) is 1. The van der Waals surface area contributed by atoms with E-state index in [1.54, 1.807) is 36.4 Å². The van der Waals surface area contributed by atoms with Gasteiger partial charge in [-0.2, -0.15) is 0 Å². The maximum Gasteiger partial charge on any atom is 0.255 e. The Labute approximate surface area is 124 Å². The van der Waals surface area contributed by atoms with Crippen molar-refractivity contribution in [1.82, 2.24) is 0 Å². The number of nitrogens with zero attached hydrogens (tertiary/aromatic N) is 1. The smallest absolute Gasteiger partial charge is 0.255 e. The van der Waals surface area contributed by atoms with Gasteiger partial charge in [0.25, 0.3) is 5.91 Å². The summed E-state index contributed by atoms with van der Waals surface area (Å²) in [5.74, 6) is -0.219. The summed E-state index contributed by atoms with van der Waals surface area (Å²) in [4.78, 5) is 14.1. The molecule has 2 aromatic rings. The maximum atomic E-state index is 12.2. The van der Waals surface area contributed by atoms with Crippen molar-refractivity contribution < 1.29 is 9.90 Å². The number of carbonyl (C=O) groups excluding carboxylic acids is 1. The fraction of sp³-hybridized carbons (Fsp3) is 0.188. The third kappa shape index (κ3) is 3.52. The zero-order valence-corrected chi connectivity index (χ0v) is 12.1. The van der Waals surface area contributed by atoms with Crippen molar-refractivity contribution in [3.05, 3.63) is 53.6 Å². The first kappa shape index (κ1) is 14.9. The molecule has 0 radical (unpaired) electrons. The normalized spacial score (nSPS) is 10.2. The van der Waals surface area contributed by atoms with Crippen LogP contribution >= 0.6 is 0 Å². The van der Waals surface area contributed by atoms with E-state index in [0.717, 1.165) is 11.3 Å². The molecule has 0 aromatic heterocycles. The molecule has 0 spiro atoms. The van der Waals surface area contributed by atoms with Gasteiger partial charge in [-0.25, -0.2) is 0 Å². The zero-order chi connectivity index (χ0) is 15.4. The van der Waals surface area contributed by atoms with Gasteiger partial charge >= 0.3 is 0 Å². The fourth-order valence-electron chi connectivity index (χ4n) is 2.00. The van der Waals surface area contributed by atoms with Crippen LogP contribution in [-0.2, 0) is 6.61 Å². The topological polar surface area (TPSA) is 78.6 Å². The van der Waals surface area contributed by atoms with Gasteiger partial charge in [-0.3, -0.25) is 4.79 Å². The van der Waals surface area contributed by atoms with Gasteiger partial charge < -0.3 is 21.1 Å². The van der Waals surface area contributed by atoms with E-state index in [-0.39, 0.29) is 12.5 Å². The number of carbonyl (C=O) groups is 1. The van der Waals surface area contributed by atoms with Crippen LogP contribution in [0.15, 0.2) is 42.5 Å². The predicted molar refractivity (Wildman–Crippen MR) is 85.5 cm³/mol. The molecule has 0 aliphatic rings. The Balaban J connectivity index is 2.14. The number of nitrogens with two attached hydrogens (primary N) is 1. The van der Waals surface area contributed by atoms with E-state index in [1.165, 1.54) is 0 Å². The van der Waals surface area contributed by atoms with Crippen molar-refractivity contribution in [3.63, 3.8) is 0 Å². The van der Waals surface area contributed by atoms with Gasteiger partial charge in [0.1, 0.15) is 0 Å². The van der Waals surface area contributed by atoms with Gasteiger partial charge in [-0.1, -0.05) is 12.1 Å². The summed E-state index contributed by atoms with van der Waals surface area (Å²) < 4.78 is 0. The first-order valence-corrected chi connectivity index (χ1v) is 6.59. The fourth-order valence-corrected chi connectivity index (χ4v) is 2.00. The van der Waals surface area contributed by atoms with Crippen LogP contribution in [0.1, 0.15) is 15.9 Å². The highest BCUT2D eigenvalue weighted by atomic mass is 16.3. The maximum absolute atomic E-state index is 12.2. The van der Waals surface area contributed by atoms with E-state index < -0.39 is 0 Å². The molecule has 21 heavy (non-hydrogen) atoms. The molecule has 0 heterocycles. The Morgan fingerprint density at radius 1 is 1.19 bits per heavy atom. The second kappa shape index (κ2) is 6.28. The molecule has 110 valence electrons. The van der Waals surface area contributed by atoms with Crippen molar-refractivity contribution >= 4 is 23.0 Å². The van der Waals surface area contributed by atoms with E-state index >= 15 is 0 Å². The van der Waals surface area contributed by atoms with Crippen LogP contribution in [0.4, 0.5) is 17.1 Å². The van der Waals surface area contributed by atoms with Crippen LogP contribution in [-0.4, -0.2) is 25.1 Å². The Morgan fingerprint density at radius 2 is 1.86 bits per heavy atom. The van der Waals surface area contributed by atoms with E-state index in [2.05, 4.69) is 5.32 Å².